The van der Waals surface area contributed by atoms with Crippen LogP contribution in [0.4, 0.5) is 5.69 Å². The van der Waals surface area contributed by atoms with Gasteiger partial charge in [-0.25, -0.2) is 13.4 Å². The highest BCUT2D eigenvalue weighted by molar-refractivity contribution is 7.94. The summed E-state index contributed by atoms with van der Waals surface area (Å²) in [5.41, 5.74) is 2.41. The number of rotatable bonds is 6. The van der Waals surface area contributed by atoms with Gasteiger partial charge in [0.05, 0.1) is 29.0 Å². The number of carbonyl (C=O) groups is 1. The monoisotopic (exact) mass is 433 g/mol. The highest BCUT2D eigenvalue weighted by atomic mass is 32.2. The second kappa shape index (κ2) is 7.04. The lowest BCUT2D eigenvalue weighted by atomic mass is 10.2. The number of thiophene rings is 1. The highest BCUT2D eigenvalue weighted by Crippen LogP contribution is 2.34. The molecule has 4 rings (SSSR count). The average Bonchev–Trinajstić information content (AvgIpc) is 3.39. The molecule has 3 aromatic heterocycles. The van der Waals surface area contributed by atoms with Crippen molar-refractivity contribution in [2.24, 2.45) is 0 Å². The van der Waals surface area contributed by atoms with Crippen molar-refractivity contribution in [2.75, 3.05) is 11.4 Å². The molecule has 0 amide bonds. The van der Waals surface area contributed by atoms with Gasteiger partial charge in [-0.1, -0.05) is 18.2 Å². The van der Waals surface area contributed by atoms with Crippen LogP contribution in [0.2, 0.25) is 0 Å². The molecule has 0 radical (unpaired) electrons. The number of aliphatic carboxylic acids is 1. The van der Waals surface area contributed by atoms with E-state index in [1.54, 1.807) is 35.0 Å². The molecular weight excluding hydrogens is 418 g/mol. The number of sulfonamides is 1. The van der Waals surface area contributed by atoms with E-state index in [4.69, 9.17) is 5.11 Å². The molecule has 0 saturated heterocycles. The van der Waals surface area contributed by atoms with E-state index in [0.29, 0.717) is 27.6 Å². The fourth-order valence-electron chi connectivity index (χ4n) is 2.86. The molecular formula is C18H15N3O4S3. The summed E-state index contributed by atoms with van der Waals surface area (Å²) >= 11 is 2.51. The number of thiazole rings is 1. The standard InChI is InChI=1S/C18H15N3O4S3/c1-21(28(24,25)16-6-3-7-26-16)14-5-2-4-11-8-13(20-17(11)14)18-19-12(10-27-18)9-15(22)23/h2-8,10,20H,9H2,1H3,(H,22,23). The first kappa shape index (κ1) is 18.7. The lowest BCUT2D eigenvalue weighted by molar-refractivity contribution is -0.136. The van der Waals surface area contributed by atoms with Crippen molar-refractivity contribution in [1.29, 1.82) is 0 Å². The maximum Gasteiger partial charge on any atom is 0.309 e. The van der Waals surface area contributed by atoms with Crippen molar-refractivity contribution < 1.29 is 18.3 Å². The van der Waals surface area contributed by atoms with Crippen LogP contribution in [-0.4, -0.2) is 36.5 Å². The van der Waals surface area contributed by atoms with Crippen molar-refractivity contribution >= 4 is 55.3 Å². The summed E-state index contributed by atoms with van der Waals surface area (Å²) in [4.78, 5) is 18.5. The van der Waals surface area contributed by atoms with Gasteiger partial charge in [0, 0.05) is 17.8 Å². The number of carboxylic acids is 1. The largest absolute Gasteiger partial charge is 0.481 e. The summed E-state index contributed by atoms with van der Waals surface area (Å²) < 4.78 is 27.3. The number of H-pyrrole nitrogens is 1. The fourth-order valence-corrected chi connectivity index (χ4v) is 6.02. The fraction of sp³-hybridized carbons (Fsp3) is 0.111. The number of nitrogens with one attached hydrogen (secondary N) is 1. The van der Waals surface area contributed by atoms with E-state index in [9.17, 15) is 13.2 Å². The van der Waals surface area contributed by atoms with Gasteiger partial charge in [0.2, 0.25) is 0 Å². The summed E-state index contributed by atoms with van der Waals surface area (Å²) in [5, 5.41) is 13.8. The van der Waals surface area contributed by atoms with Gasteiger partial charge in [-0.2, -0.15) is 0 Å². The molecule has 0 spiro atoms. The van der Waals surface area contributed by atoms with Crippen LogP contribution >= 0.6 is 22.7 Å². The Hall–Kier alpha value is -2.69. The number of aromatic nitrogens is 2. The molecule has 0 unspecified atom stereocenters. The second-order valence-electron chi connectivity index (χ2n) is 6.04. The molecule has 0 fully saturated rings. The number of para-hydroxylation sites is 1. The predicted octanol–water partition coefficient (Wildman–Crippen LogP) is 3.81. The van der Waals surface area contributed by atoms with Gasteiger partial charge in [0.15, 0.2) is 0 Å². The number of benzene rings is 1. The highest BCUT2D eigenvalue weighted by Gasteiger charge is 2.24. The molecule has 0 aliphatic carbocycles. The van der Waals surface area contributed by atoms with E-state index in [1.807, 2.05) is 12.1 Å². The Bertz CT molecular complexity index is 1260. The van der Waals surface area contributed by atoms with Crippen LogP contribution < -0.4 is 4.31 Å². The Labute approximate surface area is 169 Å². The van der Waals surface area contributed by atoms with Gasteiger partial charge in [-0.15, -0.1) is 22.7 Å². The second-order valence-corrected chi connectivity index (χ2v) is 10.0. The number of nitrogens with zero attached hydrogens (tertiary/aromatic N) is 2. The number of aromatic amines is 1. The van der Waals surface area contributed by atoms with Gasteiger partial charge >= 0.3 is 5.97 Å². The number of hydrogen-bond donors (Lipinski definition) is 2. The minimum absolute atomic E-state index is 0.135. The molecule has 10 heteroatoms. The summed E-state index contributed by atoms with van der Waals surface area (Å²) in [6, 6.07) is 10.6. The first-order valence-electron chi connectivity index (χ1n) is 8.17. The molecule has 4 aromatic rings. The van der Waals surface area contributed by atoms with Crippen LogP contribution in [0.3, 0.4) is 0 Å². The quantitative estimate of drug-likeness (QED) is 0.481. The Kier molecular flexibility index (Phi) is 4.69. The average molecular weight is 434 g/mol. The summed E-state index contributed by atoms with van der Waals surface area (Å²) in [6.07, 6.45) is -0.135. The third kappa shape index (κ3) is 3.30. The summed E-state index contributed by atoms with van der Waals surface area (Å²) in [6.45, 7) is 0. The molecule has 7 nitrogen and oxygen atoms in total. The minimum Gasteiger partial charge on any atom is -0.481 e. The zero-order valence-electron chi connectivity index (χ0n) is 14.6. The topological polar surface area (TPSA) is 103 Å². The molecule has 0 aliphatic heterocycles. The molecule has 28 heavy (non-hydrogen) atoms. The van der Waals surface area contributed by atoms with Crippen LogP contribution in [0.25, 0.3) is 21.6 Å². The molecule has 2 N–H and O–H groups in total. The molecule has 0 bridgehead atoms. The van der Waals surface area contributed by atoms with Gasteiger partial charge in [-0.05, 0) is 23.6 Å². The van der Waals surface area contributed by atoms with Gasteiger partial charge in [0.25, 0.3) is 10.0 Å². The zero-order valence-corrected chi connectivity index (χ0v) is 17.1. The first-order valence-corrected chi connectivity index (χ1v) is 11.4. The maximum absolute atomic E-state index is 12.9. The van der Waals surface area contributed by atoms with Crippen LogP contribution in [0.15, 0.2) is 51.4 Å². The normalized spacial score (nSPS) is 11.8. The molecule has 0 atom stereocenters. The third-order valence-electron chi connectivity index (χ3n) is 4.20. The van der Waals surface area contributed by atoms with E-state index in [2.05, 4.69) is 9.97 Å². The van der Waals surface area contributed by atoms with Crippen LogP contribution in [-0.2, 0) is 21.2 Å². The maximum atomic E-state index is 12.9. The van der Waals surface area contributed by atoms with Crippen LogP contribution in [0, 0.1) is 0 Å². The summed E-state index contributed by atoms with van der Waals surface area (Å²) in [7, 11) is -2.12. The number of hydrogen-bond acceptors (Lipinski definition) is 6. The predicted molar refractivity (Wildman–Crippen MR) is 111 cm³/mol. The van der Waals surface area contributed by atoms with E-state index in [1.165, 1.54) is 34.0 Å². The van der Waals surface area contributed by atoms with E-state index in [0.717, 1.165) is 5.39 Å². The van der Waals surface area contributed by atoms with Crippen molar-refractivity contribution in [3.63, 3.8) is 0 Å². The van der Waals surface area contributed by atoms with Crippen LogP contribution in [0.5, 0.6) is 0 Å². The van der Waals surface area contributed by atoms with Crippen molar-refractivity contribution in [3.05, 3.63) is 52.9 Å². The van der Waals surface area contributed by atoms with Gasteiger partial charge < -0.3 is 10.1 Å². The zero-order chi connectivity index (χ0) is 19.9. The Morgan fingerprint density at radius 3 is 2.79 bits per heavy atom. The lowest BCUT2D eigenvalue weighted by Gasteiger charge is -2.19. The SMILES string of the molecule is CN(c1cccc2cc(-c3nc(CC(=O)O)cs3)[nH]c12)S(=O)(=O)c1cccs1. The first-order chi connectivity index (χ1) is 13.4. The Morgan fingerprint density at radius 1 is 1.25 bits per heavy atom. The van der Waals surface area contributed by atoms with Crippen molar-refractivity contribution in [2.45, 2.75) is 10.6 Å². The molecule has 144 valence electrons. The Morgan fingerprint density at radius 2 is 2.07 bits per heavy atom. The van der Waals surface area contributed by atoms with Gasteiger partial charge in [-0.3, -0.25) is 9.10 Å². The lowest BCUT2D eigenvalue weighted by Crippen LogP contribution is -2.26. The molecule has 1 aromatic carbocycles. The smallest absolute Gasteiger partial charge is 0.309 e. The molecule has 3 heterocycles. The van der Waals surface area contributed by atoms with Crippen LogP contribution in [0.1, 0.15) is 5.69 Å². The van der Waals surface area contributed by atoms with E-state index >= 15 is 0 Å². The molecule has 0 aliphatic rings. The van der Waals surface area contributed by atoms with E-state index in [-0.39, 0.29) is 10.6 Å². The van der Waals surface area contributed by atoms with Crippen molar-refractivity contribution in [3.8, 4) is 10.7 Å². The van der Waals surface area contributed by atoms with E-state index < -0.39 is 16.0 Å². The summed E-state index contributed by atoms with van der Waals surface area (Å²) in [5.74, 6) is -0.934. The minimum atomic E-state index is -3.65. The number of fused-ring (bicyclic) bond motifs is 1. The number of anilines is 1. The Balaban J connectivity index is 1.75. The number of carboxylic acid groups (broad SMARTS) is 1. The molecule has 0 saturated carbocycles. The van der Waals surface area contributed by atoms with Gasteiger partial charge in [0.1, 0.15) is 9.22 Å². The van der Waals surface area contributed by atoms with Crippen molar-refractivity contribution in [1.82, 2.24) is 9.97 Å². The third-order valence-corrected chi connectivity index (χ3v) is 8.27.